The van der Waals surface area contributed by atoms with Crippen molar-refractivity contribution in [1.82, 2.24) is 9.62 Å². The zero-order chi connectivity index (χ0) is 18.8. The molecule has 8 nitrogen and oxygen atoms in total. The monoisotopic (exact) mass is 407 g/mol. The summed E-state index contributed by atoms with van der Waals surface area (Å²) in [5.74, 6) is -1.49. The van der Waals surface area contributed by atoms with Gasteiger partial charge in [0.1, 0.15) is 16.5 Å². The van der Waals surface area contributed by atoms with Crippen LogP contribution in [0.25, 0.3) is 0 Å². The fourth-order valence-corrected chi connectivity index (χ4v) is 4.97. The summed E-state index contributed by atoms with van der Waals surface area (Å²) < 4.78 is 27.3. The maximum absolute atomic E-state index is 12.6. The standard InChI is InChI=1S/C14H18ClN3O5S2/c1-18-7-6-14(17-21,8-11(18)24)12(13(19)20)16-25(22,23)10-5-3-2-4-9(10)15/h2-5,11-12,16,24H,6-8H2,1H3,(H,19,20). The number of thiol groups is 1. The van der Waals surface area contributed by atoms with Crippen LogP contribution < -0.4 is 4.72 Å². The molecule has 0 radical (unpaired) electrons. The van der Waals surface area contributed by atoms with E-state index in [2.05, 4.69) is 22.5 Å². The number of nitrogens with zero attached hydrogens (tertiary/aromatic N) is 2. The van der Waals surface area contributed by atoms with E-state index in [9.17, 15) is 23.2 Å². The van der Waals surface area contributed by atoms with Gasteiger partial charge in [-0.25, -0.2) is 8.42 Å². The van der Waals surface area contributed by atoms with Crippen LogP contribution in [0.2, 0.25) is 5.02 Å². The molecule has 0 spiro atoms. The number of benzene rings is 1. The Hall–Kier alpha value is -1.20. The molecule has 0 bridgehead atoms. The van der Waals surface area contributed by atoms with Gasteiger partial charge in [0.25, 0.3) is 0 Å². The number of hydrogen-bond acceptors (Lipinski definition) is 7. The number of piperidine rings is 1. The Labute approximate surface area is 156 Å². The zero-order valence-electron chi connectivity index (χ0n) is 13.3. The van der Waals surface area contributed by atoms with Crippen molar-refractivity contribution < 1.29 is 18.3 Å². The summed E-state index contributed by atoms with van der Waals surface area (Å²) in [6, 6.07) is 3.91. The number of rotatable bonds is 6. The predicted octanol–water partition coefficient (Wildman–Crippen LogP) is 1.56. The summed E-state index contributed by atoms with van der Waals surface area (Å²) in [6.07, 6.45) is 0.0875. The fourth-order valence-electron chi connectivity index (χ4n) is 2.76. The van der Waals surface area contributed by atoms with Gasteiger partial charge in [0.05, 0.1) is 10.4 Å². The zero-order valence-corrected chi connectivity index (χ0v) is 15.8. The van der Waals surface area contributed by atoms with E-state index in [0.717, 1.165) is 0 Å². The molecule has 3 atom stereocenters. The largest absolute Gasteiger partial charge is 0.480 e. The Kier molecular flexibility index (Phi) is 6.10. The van der Waals surface area contributed by atoms with E-state index in [0.29, 0.717) is 6.54 Å². The molecule has 1 heterocycles. The van der Waals surface area contributed by atoms with Crippen molar-refractivity contribution in [2.45, 2.75) is 34.7 Å². The number of likely N-dealkylation sites (tertiary alicyclic amines) is 1. The number of carboxylic acid groups (broad SMARTS) is 1. The lowest BCUT2D eigenvalue weighted by atomic mass is 9.82. The average Bonchev–Trinajstić information content (AvgIpc) is 2.55. The number of hydrogen-bond donors (Lipinski definition) is 3. The molecule has 25 heavy (non-hydrogen) atoms. The third-order valence-electron chi connectivity index (χ3n) is 4.31. The molecule has 138 valence electrons. The molecule has 1 aliphatic rings. The Morgan fingerprint density at radius 1 is 1.52 bits per heavy atom. The van der Waals surface area contributed by atoms with Crippen LogP contribution >= 0.6 is 24.2 Å². The van der Waals surface area contributed by atoms with Crippen LogP contribution in [0, 0.1) is 4.91 Å². The molecule has 2 N–H and O–H groups in total. The van der Waals surface area contributed by atoms with E-state index in [1.807, 2.05) is 4.90 Å². The maximum atomic E-state index is 12.6. The first-order valence-corrected chi connectivity index (χ1v) is 9.73. The summed E-state index contributed by atoms with van der Waals surface area (Å²) in [7, 11) is -2.49. The van der Waals surface area contributed by atoms with E-state index in [-0.39, 0.29) is 22.8 Å². The van der Waals surface area contributed by atoms with Crippen LogP contribution in [0.15, 0.2) is 34.3 Å². The van der Waals surface area contributed by atoms with Crippen LogP contribution in [0.3, 0.4) is 0 Å². The second-order valence-electron chi connectivity index (χ2n) is 5.93. The molecule has 1 saturated heterocycles. The minimum atomic E-state index is -4.26. The molecular weight excluding hydrogens is 390 g/mol. The van der Waals surface area contributed by atoms with Crippen molar-refractivity contribution in [2.75, 3.05) is 13.6 Å². The molecule has 2 rings (SSSR count). The third kappa shape index (κ3) is 4.14. The van der Waals surface area contributed by atoms with Gasteiger partial charge in [0.2, 0.25) is 10.0 Å². The first-order valence-electron chi connectivity index (χ1n) is 7.35. The molecule has 0 saturated carbocycles. The number of nitrogens with one attached hydrogen (secondary N) is 1. The molecule has 1 fully saturated rings. The van der Waals surface area contributed by atoms with Crippen LogP contribution in [-0.2, 0) is 14.8 Å². The van der Waals surface area contributed by atoms with E-state index in [1.165, 1.54) is 18.2 Å². The maximum Gasteiger partial charge on any atom is 0.324 e. The lowest BCUT2D eigenvalue weighted by molar-refractivity contribution is -0.141. The molecule has 11 heteroatoms. The Balaban J connectivity index is 2.40. The quantitative estimate of drug-likeness (QED) is 0.486. The number of aliphatic carboxylic acids is 1. The van der Waals surface area contributed by atoms with E-state index >= 15 is 0 Å². The SMILES string of the molecule is CN1CCC(N=O)(C(NS(=O)(=O)c2ccccc2Cl)C(=O)O)CC1S. The number of halogens is 1. The fraction of sp³-hybridized carbons (Fsp3) is 0.500. The normalized spacial score (nSPS) is 26.1. The minimum absolute atomic E-state index is 0.00187. The van der Waals surface area contributed by atoms with Gasteiger partial charge in [-0.2, -0.15) is 22.3 Å². The van der Waals surface area contributed by atoms with Crippen LogP contribution in [0.1, 0.15) is 12.8 Å². The van der Waals surface area contributed by atoms with Gasteiger partial charge in [0.15, 0.2) is 0 Å². The topological polar surface area (TPSA) is 116 Å². The molecular formula is C14H18ClN3O5S2. The summed E-state index contributed by atoms with van der Waals surface area (Å²) in [5, 5.41) is 12.1. The highest BCUT2D eigenvalue weighted by molar-refractivity contribution is 7.89. The smallest absolute Gasteiger partial charge is 0.324 e. The number of nitroso groups, excluding NO2 is 1. The van der Waals surface area contributed by atoms with Gasteiger partial charge in [0, 0.05) is 13.0 Å². The highest BCUT2D eigenvalue weighted by atomic mass is 35.5. The van der Waals surface area contributed by atoms with Crippen LogP contribution in [-0.4, -0.2) is 54.9 Å². The minimum Gasteiger partial charge on any atom is -0.480 e. The average molecular weight is 408 g/mol. The van der Waals surface area contributed by atoms with Gasteiger partial charge in [-0.05, 0) is 25.6 Å². The molecule has 0 amide bonds. The second-order valence-corrected chi connectivity index (χ2v) is 8.62. The molecule has 0 aliphatic carbocycles. The van der Waals surface area contributed by atoms with Crippen molar-refractivity contribution in [3.8, 4) is 0 Å². The second kappa shape index (κ2) is 7.58. The first-order chi connectivity index (χ1) is 11.6. The van der Waals surface area contributed by atoms with Gasteiger partial charge < -0.3 is 5.11 Å². The van der Waals surface area contributed by atoms with Crippen molar-refractivity contribution in [1.29, 1.82) is 0 Å². The molecule has 1 aliphatic heterocycles. The Morgan fingerprint density at radius 3 is 2.68 bits per heavy atom. The molecule has 3 unspecified atom stereocenters. The number of carbonyl (C=O) groups is 1. The first kappa shape index (κ1) is 20.1. The van der Waals surface area contributed by atoms with Crippen LogP contribution in [0.4, 0.5) is 0 Å². The van der Waals surface area contributed by atoms with Crippen LogP contribution in [0.5, 0.6) is 0 Å². The van der Waals surface area contributed by atoms with Gasteiger partial charge in [-0.1, -0.05) is 28.9 Å². The van der Waals surface area contributed by atoms with Gasteiger partial charge in [-0.3, -0.25) is 9.69 Å². The third-order valence-corrected chi connectivity index (χ3v) is 6.81. The van der Waals surface area contributed by atoms with Gasteiger partial charge >= 0.3 is 5.97 Å². The van der Waals surface area contributed by atoms with E-state index in [1.54, 1.807) is 13.1 Å². The van der Waals surface area contributed by atoms with Gasteiger partial charge in [-0.15, -0.1) is 0 Å². The molecule has 1 aromatic rings. The molecule has 1 aromatic carbocycles. The van der Waals surface area contributed by atoms with E-state index < -0.39 is 32.9 Å². The van der Waals surface area contributed by atoms with Crippen molar-refractivity contribution in [3.05, 3.63) is 34.2 Å². The summed E-state index contributed by atoms with van der Waals surface area (Å²) in [6.45, 7) is 0.359. The Bertz CT molecular complexity index is 775. The summed E-state index contributed by atoms with van der Waals surface area (Å²) >= 11 is 10.2. The lowest BCUT2D eigenvalue weighted by Gasteiger charge is -2.41. The molecule has 0 aromatic heterocycles. The highest BCUT2D eigenvalue weighted by Crippen LogP contribution is 2.35. The summed E-state index contributed by atoms with van der Waals surface area (Å²) in [5.41, 5.74) is -1.64. The highest BCUT2D eigenvalue weighted by Gasteiger charge is 2.50. The van der Waals surface area contributed by atoms with Crippen molar-refractivity contribution in [3.63, 3.8) is 0 Å². The van der Waals surface area contributed by atoms with Crippen molar-refractivity contribution >= 4 is 40.2 Å². The number of sulfonamides is 1. The summed E-state index contributed by atoms with van der Waals surface area (Å²) in [4.78, 5) is 24.9. The Morgan fingerprint density at radius 2 is 2.16 bits per heavy atom. The number of carboxylic acids is 1. The van der Waals surface area contributed by atoms with E-state index in [4.69, 9.17) is 11.6 Å². The van der Waals surface area contributed by atoms with Crippen molar-refractivity contribution in [2.24, 2.45) is 5.18 Å². The predicted molar refractivity (Wildman–Crippen MR) is 96.4 cm³/mol. The lowest BCUT2D eigenvalue weighted by Crippen LogP contribution is -2.60.